The number of ether oxygens (including phenoxy) is 1. The number of para-hydroxylation sites is 2. The van der Waals surface area contributed by atoms with Crippen LogP contribution in [0.4, 0.5) is 0 Å². The van der Waals surface area contributed by atoms with Crippen molar-refractivity contribution in [3.63, 3.8) is 0 Å². The van der Waals surface area contributed by atoms with Crippen LogP contribution >= 0.6 is 0 Å². The van der Waals surface area contributed by atoms with E-state index in [2.05, 4.69) is 25.1 Å². The van der Waals surface area contributed by atoms with Gasteiger partial charge in [0, 0.05) is 32.2 Å². The molecular weight excluding hydrogens is 396 g/mol. The first-order valence-electron chi connectivity index (χ1n) is 10.2. The number of imidazole rings is 1. The largest absolute Gasteiger partial charge is 0.379 e. The molecule has 0 aliphatic carbocycles. The summed E-state index contributed by atoms with van der Waals surface area (Å²) in [7, 11) is 0. The van der Waals surface area contributed by atoms with Gasteiger partial charge >= 0.3 is 0 Å². The molecule has 0 amide bonds. The lowest BCUT2D eigenvalue weighted by molar-refractivity contribution is 0.0363. The Labute approximate surface area is 177 Å². The average molecular weight is 418 g/mol. The second-order valence-corrected chi connectivity index (χ2v) is 7.45. The van der Waals surface area contributed by atoms with E-state index in [1.165, 1.54) is 6.07 Å². The summed E-state index contributed by atoms with van der Waals surface area (Å²) in [5, 5.41) is 6.77. The molecule has 9 nitrogen and oxygen atoms in total. The van der Waals surface area contributed by atoms with Crippen LogP contribution in [0.25, 0.3) is 33.8 Å². The molecule has 0 spiro atoms. The Morgan fingerprint density at radius 3 is 2.68 bits per heavy atom. The fraction of sp³-hybridized carbons (Fsp3) is 0.273. The predicted octanol–water partition coefficient (Wildman–Crippen LogP) is 1.47. The van der Waals surface area contributed by atoms with Gasteiger partial charge in [-0.3, -0.25) is 14.5 Å². The smallest absolute Gasteiger partial charge is 0.275 e. The number of hydrogen-bond acceptors (Lipinski definition) is 6. The molecule has 5 rings (SSSR count). The van der Waals surface area contributed by atoms with Gasteiger partial charge in [-0.2, -0.15) is 5.10 Å². The summed E-state index contributed by atoms with van der Waals surface area (Å²) in [6.45, 7) is 4.38. The lowest BCUT2D eigenvalue weighted by Crippen LogP contribution is -2.39. The Balaban J connectivity index is 1.52. The maximum Gasteiger partial charge on any atom is 0.275 e. The van der Waals surface area contributed by atoms with Gasteiger partial charge in [0.25, 0.3) is 11.1 Å². The monoisotopic (exact) mass is 418 g/mol. The van der Waals surface area contributed by atoms with E-state index in [0.29, 0.717) is 42.5 Å². The molecule has 3 aromatic heterocycles. The number of H-pyrrole nitrogens is 2. The van der Waals surface area contributed by atoms with Gasteiger partial charge in [0.05, 0.1) is 35.5 Å². The third-order valence-corrected chi connectivity index (χ3v) is 5.50. The van der Waals surface area contributed by atoms with E-state index in [4.69, 9.17) is 4.74 Å². The summed E-state index contributed by atoms with van der Waals surface area (Å²) >= 11 is 0. The summed E-state index contributed by atoms with van der Waals surface area (Å²) in [5.74, 6) is 0.462. The highest BCUT2D eigenvalue weighted by Gasteiger charge is 2.16. The molecule has 31 heavy (non-hydrogen) atoms. The van der Waals surface area contributed by atoms with Crippen molar-refractivity contribution >= 4 is 11.0 Å². The SMILES string of the molecule is O=c1[nH]nc(-c2cccc(=O)n2CCN2CCOCC2)cc1-c1nc2ccccc2[nH]1. The Bertz CT molecular complexity index is 1300. The third kappa shape index (κ3) is 3.92. The molecule has 2 N–H and O–H groups in total. The topological polar surface area (TPSA) is 109 Å². The zero-order valence-electron chi connectivity index (χ0n) is 16.9. The van der Waals surface area contributed by atoms with E-state index in [0.717, 1.165) is 30.7 Å². The number of rotatable bonds is 5. The van der Waals surface area contributed by atoms with Crippen LogP contribution < -0.4 is 11.1 Å². The first-order valence-corrected chi connectivity index (χ1v) is 10.2. The van der Waals surface area contributed by atoms with Crippen molar-refractivity contribution in [3.8, 4) is 22.8 Å². The minimum absolute atomic E-state index is 0.107. The van der Waals surface area contributed by atoms with Crippen LogP contribution in [-0.2, 0) is 11.3 Å². The molecule has 158 valence electrons. The Morgan fingerprint density at radius 1 is 1.00 bits per heavy atom. The average Bonchev–Trinajstić information content (AvgIpc) is 3.23. The van der Waals surface area contributed by atoms with E-state index < -0.39 is 0 Å². The minimum Gasteiger partial charge on any atom is -0.379 e. The number of hydrogen-bond donors (Lipinski definition) is 2. The first-order chi connectivity index (χ1) is 15.2. The summed E-state index contributed by atoms with van der Waals surface area (Å²) in [6, 6.07) is 14.3. The molecule has 0 saturated carbocycles. The second kappa shape index (κ2) is 8.29. The highest BCUT2D eigenvalue weighted by Crippen LogP contribution is 2.21. The molecule has 1 fully saturated rings. The van der Waals surface area contributed by atoms with E-state index in [9.17, 15) is 9.59 Å². The fourth-order valence-corrected chi connectivity index (χ4v) is 3.83. The molecule has 1 saturated heterocycles. The molecule has 1 aliphatic rings. The van der Waals surface area contributed by atoms with Crippen LogP contribution in [0.5, 0.6) is 0 Å². The van der Waals surface area contributed by atoms with Crippen LogP contribution in [0.15, 0.2) is 58.1 Å². The van der Waals surface area contributed by atoms with Crippen molar-refractivity contribution in [1.82, 2.24) is 29.6 Å². The van der Waals surface area contributed by atoms with Crippen molar-refractivity contribution in [1.29, 1.82) is 0 Å². The van der Waals surface area contributed by atoms with Gasteiger partial charge in [-0.1, -0.05) is 18.2 Å². The summed E-state index contributed by atoms with van der Waals surface area (Å²) < 4.78 is 7.09. The zero-order chi connectivity index (χ0) is 21.2. The number of nitrogens with one attached hydrogen (secondary N) is 2. The van der Waals surface area contributed by atoms with Crippen molar-refractivity contribution in [2.45, 2.75) is 6.54 Å². The molecule has 9 heteroatoms. The molecule has 4 heterocycles. The van der Waals surface area contributed by atoms with Gasteiger partial charge < -0.3 is 14.3 Å². The van der Waals surface area contributed by atoms with Crippen molar-refractivity contribution in [3.05, 3.63) is 69.2 Å². The summed E-state index contributed by atoms with van der Waals surface area (Å²) in [6.07, 6.45) is 0. The lowest BCUT2D eigenvalue weighted by atomic mass is 10.2. The van der Waals surface area contributed by atoms with Gasteiger partial charge in [-0.15, -0.1) is 0 Å². The van der Waals surface area contributed by atoms with Gasteiger partial charge in [0.2, 0.25) is 0 Å². The zero-order valence-corrected chi connectivity index (χ0v) is 16.9. The number of pyridine rings is 1. The number of aromatic nitrogens is 5. The molecule has 0 atom stereocenters. The van der Waals surface area contributed by atoms with E-state index in [1.54, 1.807) is 16.7 Å². The fourth-order valence-electron chi connectivity index (χ4n) is 3.83. The third-order valence-electron chi connectivity index (χ3n) is 5.50. The normalized spacial score (nSPS) is 14.8. The second-order valence-electron chi connectivity index (χ2n) is 7.45. The lowest BCUT2D eigenvalue weighted by Gasteiger charge is -2.27. The molecule has 0 radical (unpaired) electrons. The van der Waals surface area contributed by atoms with Gasteiger partial charge in [-0.05, 0) is 24.3 Å². The van der Waals surface area contributed by atoms with Crippen molar-refractivity contribution in [2.75, 3.05) is 32.8 Å². The molecule has 0 unspecified atom stereocenters. The summed E-state index contributed by atoms with van der Waals surface area (Å²) in [5.41, 5.74) is 2.70. The molecular formula is C22H22N6O3. The number of morpholine rings is 1. The molecule has 1 aliphatic heterocycles. The highest BCUT2D eigenvalue weighted by molar-refractivity contribution is 5.79. The van der Waals surface area contributed by atoms with Crippen LogP contribution in [0.2, 0.25) is 0 Å². The Hall–Kier alpha value is -3.56. The molecule has 4 aromatic rings. The Morgan fingerprint density at radius 2 is 1.84 bits per heavy atom. The minimum atomic E-state index is -0.346. The van der Waals surface area contributed by atoms with Gasteiger partial charge in [0.1, 0.15) is 11.5 Å². The predicted molar refractivity (Wildman–Crippen MR) is 117 cm³/mol. The maximum atomic E-state index is 12.6. The molecule has 0 bridgehead atoms. The van der Waals surface area contributed by atoms with Gasteiger partial charge in [-0.25, -0.2) is 10.1 Å². The maximum absolute atomic E-state index is 12.6. The highest BCUT2D eigenvalue weighted by atomic mass is 16.5. The van der Waals surface area contributed by atoms with Crippen LogP contribution in [-0.4, -0.2) is 62.5 Å². The van der Waals surface area contributed by atoms with Crippen molar-refractivity contribution in [2.24, 2.45) is 0 Å². The summed E-state index contributed by atoms with van der Waals surface area (Å²) in [4.78, 5) is 35.1. The number of fused-ring (bicyclic) bond motifs is 1. The van der Waals surface area contributed by atoms with Crippen molar-refractivity contribution < 1.29 is 4.74 Å². The van der Waals surface area contributed by atoms with Crippen LogP contribution in [0.1, 0.15) is 0 Å². The number of benzene rings is 1. The molecule has 1 aromatic carbocycles. The standard InChI is InChI=1S/C22H22N6O3/c29-20-7-3-6-19(28(20)9-8-27-10-12-31-13-11-27)18-14-15(22(30)26-25-18)21-23-16-4-1-2-5-17(16)24-21/h1-7,14H,8-13H2,(H,23,24)(H,26,30). The van der Waals surface area contributed by atoms with E-state index in [-0.39, 0.29) is 11.1 Å². The first kappa shape index (κ1) is 19.4. The number of aromatic amines is 2. The Kier molecular flexibility index (Phi) is 5.19. The quantitative estimate of drug-likeness (QED) is 0.508. The van der Waals surface area contributed by atoms with Crippen LogP contribution in [0.3, 0.4) is 0 Å². The van der Waals surface area contributed by atoms with Crippen LogP contribution in [0, 0.1) is 0 Å². The van der Waals surface area contributed by atoms with E-state index in [1.807, 2.05) is 30.3 Å². The van der Waals surface area contributed by atoms with E-state index >= 15 is 0 Å². The van der Waals surface area contributed by atoms with Gasteiger partial charge in [0.15, 0.2) is 0 Å². The number of nitrogens with zero attached hydrogens (tertiary/aromatic N) is 4.